The third-order valence-electron chi connectivity index (χ3n) is 2.46. The standard InChI is InChI=1S/C13H13F3N2O3/c1-2-18(8-13(14,15)16)12(21)10-5-9(6-17-7-10)3-4-11(19)20/h3-7H,2,8H2,1H3,(H,19,20). The molecular weight excluding hydrogens is 289 g/mol. The topological polar surface area (TPSA) is 70.5 Å². The first-order chi connectivity index (χ1) is 9.73. The molecule has 1 heterocycles. The first kappa shape index (κ1) is 16.7. The lowest BCUT2D eigenvalue weighted by atomic mass is 10.1. The van der Waals surface area contributed by atoms with E-state index in [1.54, 1.807) is 0 Å². The van der Waals surface area contributed by atoms with E-state index >= 15 is 0 Å². The molecule has 0 aliphatic heterocycles. The summed E-state index contributed by atoms with van der Waals surface area (Å²) in [4.78, 5) is 26.7. The fourth-order valence-electron chi connectivity index (χ4n) is 1.56. The van der Waals surface area contributed by atoms with Gasteiger partial charge in [-0.15, -0.1) is 0 Å². The van der Waals surface area contributed by atoms with Crippen LogP contribution in [0.4, 0.5) is 13.2 Å². The van der Waals surface area contributed by atoms with Crippen molar-refractivity contribution in [2.45, 2.75) is 13.1 Å². The van der Waals surface area contributed by atoms with Crippen molar-refractivity contribution < 1.29 is 27.9 Å². The molecule has 0 saturated heterocycles. The van der Waals surface area contributed by atoms with Gasteiger partial charge in [0.2, 0.25) is 0 Å². The molecule has 0 aromatic carbocycles. The molecule has 0 fully saturated rings. The summed E-state index contributed by atoms with van der Waals surface area (Å²) in [5.41, 5.74) is 0.278. The molecule has 0 unspecified atom stereocenters. The smallest absolute Gasteiger partial charge is 0.406 e. The molecular formula is C13H13F3N2O3. The minimum absolute atomic E-state index is 0.0337. The Morgan fingerprint density at radius 2 is 2.05 bits per heavy atom. The summed E-state index contributed by atoms with van der Waals surface area (Å²) in [5, 5.41) is 8.50. The number of hydrogen-bond donors (Lipinski definition) is 1. The molecule has 0 aliphatic carbocycles. The highest BCUT2D eigenvalue weighted by atomic mass is 19.4. The highest BCUT2D eigenvalue weighted by Gasteiger charge is 2.32. The van der Waals surface area contributed by atoms with Crippen LogP contribution >= 0.6 is 0 Å². The van der Waals surface area contributed by atoms with Crippen LogP contribution < -0.4 is 0 Å². The maximum atomic E-state index is 12.4. The molecule has 0 saturated carbocycles. The molecule has 1 aromatic heterocycles. The highest BCUT2D eigenvalue weighted by Crippen LogP contribution is 2.18. The highest BCUT2D eigenvalue weighted by molar-refractivity contribution is 5.94. The molecule has 0 spiro atoms. The molecule has 8 heteroatoms. The van der Waals surface area contributed by atoms with Crippen LogP contribution in [-0.4, -0.2) is 46.1 Å². The third kappa shape index (κ3) is 5.64. The maximum Gasteiger partial charge on any atom is 0.406 e. The zero-order valence-corrected chi connectivity index (χ0v) is 11.1. The number of alkyl halides is 3. The van der Waals surface area contributed by atoms with Crippen LogP contribution in [-0.2, 0) is 4.79 Å². The van der Waals surface area contributed by atoms with Crippen molar-refractivity contribution >= 4 is 18.0 Å². The monoisotopic (exact) mass is 302 g/mol. The Balaban J connectivity index is 2.96. The third-order valence-corrected chi connectivity index (χ3v) is 2.46. The molecule has 21 heavy (non-hydrogen) atoms. The molecule has 1 amide bonds. The number of amides is 1. The lowest BCUT2D eigenvalue weighted by molar-refractivity contribution is -0.140. The summed E-state index contributed by atoms with van der Waals surface area (Å²) in [7, 11) is 0. The second-order valence-corrected chi connectivity index (χ2v) is 4.11. The van der Waals surface area contributed by atoms with Crippen molar-refractivity contribution in [3.05, 3.63) is 35.7 Å². The number of rotatable bonds is 5. The van der Waals surface area contributed by atoms with Gasteiger partial charge in [-0.25, -0.2) is 4.79 Å². The first-order valence-electron chi connectivity index (χ1n) is 5.95. The van der Waals surface area contributed by atoms with Crippen LogP contribution in [0, 0.1) is 0 Å². The van der Waals surface area contributed by atoms with Crippen molar-refractivity contribution in [2.24, 2.45) is 0 Å². The van der Waals surface area contributed by atoms with Gasteiger partial charge in [0, 0.05) is 25.0 Å². The number of hydrogen-bond acceptors (Lipinski definition) is 3. The van der Waals surface area contributed by atoms with E-state index in [9.17, 15) is 22.8 Å². The van der Waals surface area contributed by atoms with Crippen LogP contribution in [0.3, 0.4) is 0 Å². The van der Waals surface area contributed by atoms with Gasteiger partial charge in [0.1, 0.15) is 6.54 Å². The van der Waals surface area contributed by atoms with E-state index in [1.165, 1.54) is 25.3 Å². The van der Waals surface area contributed by atoms with Crippen molar-refractivity contribution in [1.82, 2.24) is 9.88 Å². The second kappa shape index (κ2) is 6.87. The van der Waals surface area contributed by atoms with E-state index in [4.69, 9.17) is 5.11 Å². The summed E-state index contributed by atoms with van der Waals surface area (Å²) in [5.74, 6) is -1.99. The molecule has 0 atom stereocenters. The van der Waals surface area contributed by atoms with Gasteiger partial charge in [0.15, 0.2) is 0 Å². The number of aliphatic carboxylic acids is 1. The predicted molar refractivity (Wildman–Crippen MR) is 68.5 cm³/mol. The van der Waals surface area contributed by atoms with E-state index in [0.29, 0.717) is 10.5 Å². The summed E-state index contributed by atoms with van der Waals surface area (Å²) in [6.45, 7) is -0.0175. The Labute approximate surface area is 118 Å². The van der Waals surface area contributed by atoms with Gasteiger partial charge < -0.3 is 10.0 Å². The average Bonchev–Trinajstić information content (AvgIpc) is 2.41. The normalized spacial score (nSPS) is 11.6. The molecule has 114 valence electrons. The summed E-state index contributed by atoms with van der Waals surface area (Å²) in [6, 6.07) is 1.29. The lowest BCUT2D eigenvalue weighted by Crippen LogP contribution is -2.38. The van der Waals surface area contributed by atoms with Crippen molar-refractivity contribution in [1.29, 1.82) is 0 Å². The Kier molecular flexibility index (Phi) is 5.45. The van der Waals surface area contributed by atoms with Gasteiger partial charge in [-0.1, -0.05) is 0 Å². The zero-order valence-electron chi connectivity index (χ0n) is 11.1. The fourth-order valence-corrected chi connectivity index (χ4v) is 1.56. The fraction of sp³-hybridized carbons (Fsp3) is 0.308. The predicted octanol–water partition coefficient (Wildman–Crippen LogP) is 2.20. The number of pyridine rings is 1. The lowest BCUT2D eigenvalue weighted by Gasteiger charge is -2.22. The Hall–Kier alpha value is -2.38. The molecule has 5 nitrogen and oxygen atoms in total. The van der Waals surface area contributed by atoms with Gasteiger partial charge in [0.05, 0.1) is 5.56 Å². The molecule has 0 bridgehead atoms. The SMILES string of the molecule is CCN(CC(F)(F)F)C(=O)c1cncc(C=CC(=O)O)c1. The van der Waals surface area contributed by atoms with Crippen LogP contribution in [0.2, 0.25) is 0 Å². The quantitative estimate of drug-likeness (QED) is 0.847. The van der Waals surface area contributed by atoms with E-state index in [0.717, 1.165) is 12.3 Å². The minimum Gasteiger partial charge on any atom is -0.478 e. The number of carbonyl (C=O) groups excluding carboxylic acids is 1. The Morgan fingerprint density at radius 3 is 2.57 bits per heavy atom. The zero-order chi connectivity index (χ0) is 16.0. The average molecular weight is 302 g/mol. The van der Waals surface area contributed by atoms with Gasteiger partial charge in [0.25, 0.3) is 5.91 Å². The molecule has 1 rings (SSSR count). The molecule has 0 aliphatic rings. The van der Waals surface area contributed by atoms with E-state index in [1.807, 2.05) is 0 Å². The first-order valence-corrected chi connectivity index (χ1v) is 5.95. The van der Waals surface area contributed by atoms with Crippen LogP contribution in [0.15, 0.2) is 24.5 Å². The van der Waals surface area contributed by atoms with Crippen molar-refractivity contribution in [3.63, 3.8) is 0 Å². The van der Waals surface area contributed by atoms with E-state index < -0.39 is 24.6 Å². The molecule has 1 N–H and O–H groups in total. The maximum absolute atomic E-state index is 12.4. The van der Waals surface area contributed by atoms with Crippen molar-refractivity contribution in [3.8, 4) is 0 Å². The number of carbonyl (C=O) groups is 2. The van der Waals surface area contributed by atoms with Gasteiger partial charge in [-0.05, 0) is 24.6 Å². The summed E-state index contributed by atoms with van der Waals surface area (Å²) >= 11 is 0. The van der Waals surface area contributed by atoms with Crippen molar-refractivity contribution in [2.75, 3.05) is 13.1 Å². The number of carboxylic acid groups (broad SMARTS) is 1. The van der Waals surface area contributed by atoms with Crippen LogP contribution in [0.1, 0.15) is 22.8 Å². The Bertz CT molecular complexity index is 556. The second-order valence-electron chi connectivity index (χ2n) is 4.11. The van der Waals surface area contributed by atoms with Crippen LogP contribution in [0.25, 0.3) is 6.08 Å². The van der Waals surface area contributed by atoms with E-state index in [-0.39, 0.29) is 12.1 Å². The van der Waals surface area contributed by atoms with Gasteiger partial charge >= 0.3 is 12.1 Å². The molecule has 1 aromatic rings. The number of nitrogens with zero attached hydrogens (tertiary/aromatic N) is 2. The number of aromatic nitrogens is 1. The number of halogens is 3. The van der Waals surface area contributed by atoms with Gasteiger partial charge in [-0.2, -0.15) is 13.2 Å². The minimum atomic E-state index is -4.49. The van der Waals surface area contributed by atoms with E-state index in [2.05, 4.69) is 4.98 Å². The Morgan fingerprint density at radius 1 is 1.38 bits per heavy atom. The van der Waals surface area contributed by atoms with Gasteiger partial charge in [-0.3, -0.25) is 9.78 Å². The van der Waals surface area contributed by atoms with Crippen LogP contribution in [0.5, 0.6) is 0 Å². The molecule has 0 radical (unpaired) electrons. The number of carboxylic acids is 1. The summed E-state index contributed by atoms with van der Waals surface area (Å²) in [6.07, 6.45) is 0.000385. The largest absolute Gasteiger partial charge is 0.478 e. The summed E-state index contributed by atoms with van der Waals surface area (Å²) < 4.78 is 37.1.